The Bertz CT molecular complexity index is 1060. The lowest BCUT2D eigenvalue weighted by Crippen LogP contribution is -2.23. The summed E-state index contributed by atoms with van der Waals surface area (Å²) in [5.74, 6) is -0.790. The summed E-state index contributed by atoms with van der Waals surface area (Å²) in [6.07, 6.45) is -5.25. The number of hydrogen-bond acceptors (Lipinski definition) is 5. The van der Waals surface area contributed by atoms with Crippen molar-refractivity contribution in [2.45, 2.75) is 32.5 Å². The summed E-state index contributed by atoms with van der Waals surface area (Å²) in [5, 5.41) is 16.8. The normalized spacial score (nSPS) is 12.8. The maximum absolute atomic E-state index is 13.3. The molecule has 0 aliphatic heterocycles. The van der Waals surface area contributed by atoms with E-state index in [4.69, 9.17) is 9.47 Å². The SMILES string of the molecule is CCc1ccc(OC(C)C(=O)O)c(-n2nnc3c(C(F)(F)F)cccc32)c1OC. The Morgan fingerprint density at radius 1 is 1.28 bits per heavy atom. The van der Waals surface area contributed by atoms with E-state index in [2.05, 4.69) is 10.3 Å². The van der Waals surface area contributed by atoms with Crippen LogP contribution in [0.5, 0.6) is 11.5 Å². The Morgan fingerprint density at radius 2 is 2.00 bits per heavy atom. The van der Waals surface area contributed by atoms with Crippen LogP contribution in [-0.4, -0.2) is 39.3 Å². The first-order valence-corrected chi connectivity index (χ1v) is 8.70. The number of rotatable bonds is 6. The number of methoxy groups -OCH3 is 1. The molecule has 0 saturated carbocycles. The Hall–Kier alpha value is -3.30. The van der Waals surface area contributed by atoms with E-state index in [1.54, 1.807) is 6.07 Å². The minimum atomic E-state index is -4.60. The van der Waals surface area contributed by atoms with Crippen LogP contribution in [0.3, 0.4) is 0 Å². The Kier molecular flexibility index (Phi) is 5.36. The van der Waals surface area contributed by atoms with Crippen LogP contribution in [0.15, 0.2) is 30.3 Å². The van der Waals surface area contributed by atoms with E-state index >= 15 is 0 Å². The number of alkyl halides is 3. The lowest BCUT2D eigenvalue weighted by atomic mass is 10.1. The zero-order valence-corrected chi connectivity index (χ0v) is 15.8. The van der Waals surface area contributed by atoms with Crippen LogP contribution in [0, 0.1) is 0 Å². The Labute approximate surface area is 163 Å². The number of aliphatic carboxylic acids is 1. The molecule has 1 aromatic heterocycles. The zero-order chi connectivity index (χ0) is 21.3. The highest BCUT2D eigenvalue weighted by Crippen LogP contribution is 2.39. The number of aromatic nitrogens is 3. The number of carboxylic acids is 1. The van der Waals surface area contributed by atoms with E-state index in [-0.39, 0.29) is 22.5 Å². The summed E-state index contributed by atoms with van der Waals surface area (Å²) in [7, 11) is 1.41. The van der Waals surface area contributed by atoms with Crippen molar-refractivity contribution in [1.82, 2.24) is 15.0 Å². The van der Waals surface area contributed by atoms with Gasteiger partial charge in [0.2, 0.25) is 0 Å². The molecule has 0 saturated heterocycles. The zero-order valence-electron chi connectivity index (χ0n) is 15.8. The van der Waals surface area contributed by atoms with Gasteiger partial charge in [0.1, 0.15) is 11.3 Å². The summed E-state index contributed by atoms with van der Waals surface area (Å²) < 4.78 is 52.2. The van der Waals surface area contributed by atoms with Gasteiger partial charge in [-0.2, -0.15) is 13.2 Å². The second kappa shape index (κ2) is 7.61. The molecule has 29 heavy (non-hydrogen) atoms. The molecular weight excluding hydrogens is 391 g/mol. The minimum absolute atomic E-state index is 0.0826. The lowest BCUT2D eigenvalue weighted by molar-refractivity contribution is -0.144. The number of benzene rings is 2. The van der Waals surface area contributed by atoms with E-state index in [0.29, 0.717) is 12.2 Å². The van der Waals surface area contributed by atoms with Gasteiger partial charge >= 0.3 is 12.1 Å². The number of carbonyl (C=O) groups is 1. The molecule has 10 heteroatoms. The number of ether oxygens (including phenoxy) is 2. The van der Waals surface area contributed by atoms with Crippen LogP contribution in [-0.2, 0) is 17.4 Å². The van der Waals surface area contributed by atoms with Crippen molar-refractivity contribution in [3.63, 3.8) is 0 Å². The summed E-state index contributed by atoms with van der Waals surface area (Å²) in [5.41, 5.74) is -0.246. The molecule has 0 aliphatic rings. The molecule has 1 atom stereocenters. The minimum Gasteiger partial charge on any atom is -0.494 e. The highest BCUT2D eigenvalue weighted by Gasteiger charge is 2.34. The smallest absolute Gasteiger partial charge is 0.418 e. The fourth-order valence-electron chi connectivity index (χ4n) is 2.98. The van der Waals surface area contributed by atoms with Gasteiger partial charge in [-0.3, -0.25) is 0 Å². The first-order valence-electron chi connectivity index (χ1n) is 8.70. The predicted molar refractivity (Wildman–Crippen MR) is 97.5 cm³/mol. The van der Waals surface area contributed by atoms with Crippen LogP contribution < -0.4 is 9.47 Å². The topological polar surface area (TPSA) is 86.5 Å². The van der Waals surface area contributed by atoms with E-state index in [1.807, 2.05) is 6.92 Å². The lowest BCUT2D eigenvalue weighted by Gasteiger charge is -2.19. The molecule has 0 aliphatic carbocycles. The fourth-order valence-corrected chi connectivity index (χ4v) is 2.98. The average Bonchev–Trinajstić information content (AvgIpc) is 3.10. The molecule has 0 bridgehead atoms. The van der Waals surface area contributed by atoms with Gasteiger partial charge in [0.15, 0.2) is 17.5 Å². The summed E-state index contributed by atoms with van der Waals surface area (Å²) in [6, 6.07) is 6.85. The van der Waals surface area contributed by atoms with Gasteiger partial charge in [0.05, 0.1) is 18.2 Å². The van der Waals surface area contributed by atoms with Crippen LogP contribution in [0.25, 0.3) is 16.7 Å². The third-order valence-electron chi connectivity index (χ3n) is 4.41. The molecule has 0 amide bonds. The van der Waals surface area contributed by atoms with Crippen molar-refractivity contribution in [3.05, 3.63) is 41.5 Å². The van der Waals surface area contributed by atoms with E-state index in [0.717, 1.165) is 11.6 Å². The van der Waals surface area contributed by atoms with Crippen LogP contribution in [0.1, 0.15) is 25.0 Å². The quantitative estimate of drug-likeness (QED) is 0.665. The second-order valence-electron chi connectivity index (χ2n) is 6.23. The summed E-state index contributed by atoms with van der Waals surface area (Å²) in [6.45, 7) is 3.22. The maximum atomic E-state index is 13.3. The van der Waals surface area contributed by atoms with Gasteiger partial charge in [-0.25, -0.2) is 9.48 Å². The van der Waals surface area contributed by atoms with Crippen LogP contribution in [0.2, 0.25) is 0 Å². The molecular formula is C19H18F3N3O4. The molecule has 0 radical (unpaired) electrons. The standard InChI is InChI=1S/C19H18F3N3O4/c1-4-11-8-9-14(29-10(2)18(26)27)16(17(11)28-3)25-13-7-5-6-12(19(20,21)22)15(13)23-24-25/h5-10H,4H2,1-3H3,(H,26,27). The van der Waals surface area contributed by atoms with Crippen molar-refractivity contribution in [1.29, 1.82) is 0 Å². The molecule has 1 heterocycles. The molecule has 154 valence electrons. The van der Waals surface area contributed by atoms with Crippen molar-refractivity contribution >= 4 is 17.0 Å². The highest BCUT2D eigenvalue weighted by atomic mass is 19.4. The maximum Gasteiger partial charge on any atom is 0.418 e. The number of halogens is 3. The Morgan fingerprint density at radius 3 is 2.59 bits per heavy atom. The number of aryl methyl sites for hydroxylation is 1. The molecule has 1 N–H and O–H groups in total. The largest absolute Gasteiger partial charge is 0.494 e. The monoisotopic (exact) mass is 409 g/mol. The van der Waals surface area contributed by atoms with Gasteiger partial charge in [0.25, 0.3) is 0 Å². The number of hydrogen-bond donors (Lipinski definition) is 1. The van der Waals surface area contributed by atoms with Gasteiger partial charge < -0.3 is 14.6 Å². The number of carboxylic acid groups (broad SMARTS) is 1. The predicted octanol–water partition coefficient (Wildman–Crippen LogP) is 3.86. The molecule has 3 aromatic rings. The summed E-state index contributed by atoms with van der Waals surface area (Å²) in [4.78, 5) is 11.2. The van der Waals surface area contributed by atoms with E-state index < -0.39 is 23.8 Å². The van der Waals surface area contributed by atoms with Crippen LogP contribution in [0.4, 0.5) is 13.2 Å². The molecule has 7 nitrogen and oxygen atoms in total. The van der Waals surface area contributed by atoms with Gasteiger partial charge in [-0.15, -0.1) is 5.10 Å². The second-order valence-corrected chi connectivity index (χ2v) is 6.23. The van der Waals surface area contributed by atoms with E-state index in [1.165, 1.54) is 36.9 Å². The summed E-state index contributed by atoms with van der Waals surface area (Å²) >= 11 is 0. The first kappa shape index (κ1) is 20.4. The molecule has 1 unspecified atom stereocenters. The van der Waals surface area contributed by atoms with Crippen molar-refractivity contribution in [2.24, 2.45) is 0 Å². The van der Waals surface area contributed by atoms with Crippen molar-refractivity contribution in [3.8, 4) is 17.2 Å². The van der Waals surface area contributed by atoms with Gasteiger partial charge in [0, 0.05) is 0 Å². The first-order chi connectivity index (χ1) is 13.7. The third-order valence-corrected chi connectivity index (χ3v) is 4.41. The molecule has 0 spiro atoms. The average molecular weight is 409 g/mol. The third kappa shape index (κ3) is 3.69. The molecule has 2 aromatic carbocycles. The van der Waals surface area contributed by atoms with Gasteiger partial charge in [-0.1, -0.05) is 24.3 Å². The number of fused-ring (bicyclic) bond motifs is 1. The van der Waals surface area contributed by atoms with E-state index in [9.17, 15) is 23.1 Å². The van der Waals surface area contributed by atoms with Gasteiger partial charge in [-0.05, 0) is 37.1 Å². The highest BCUT2D eigenvalue weighted by molar-refractivity contribution is 5.82. The Balaban J connectivity index is 2.30. The molecule has 0 fully saturated rings. The van der Waals surface area contributed by atoms with Crippen LogP contribution >= 0.6 is 0 Å². The van der Waals surface area contributed by atoms with Crippen molar-refractivity contribution < 1.29 is 32.5 Å². The molecule has 3 rings (SSSR count). The van der Waals surface area contributed by atoms with Crippen molar-refractivity contribution in [2.75, 3.05) is 7.11 Å². The fraction of sp³-hybridized carbons (Fsp3) is 0.316. The number of nitrogens with zero attached hydrogens (tertiary/aromatic N) is 3.